The monoisotopic (exact) mass is 643 g/mol. The van der Waals surface area contributed by atoms with E-state index in [1.54, 1.807) is 12.1 Å². The zero-order valence-corrected chi connectivity index (χ0v) is 25.7. The number of anilines is 1. The summed E-state index contributed by atoms with van der Waals surface area (Å²) in [5.41, 5.74) is 1.92. The number of benzene rings is 3. The van der Waals surface area contributed by atoms with Crippen LogP contribution in [0.1, 0.15) is 31.4 Å². The third-order valence-corrected chi connectivity index (χ3v) is 8.47. The van der Waals surface area contributed by atoms with Crippen molar-refractivity contribution in [3.05, 3.63) is 88.4 Å². The largest absolute Gasteiger partial charge is 0.454 e. The van der Waals surface area contributed by atoms with Gasteiger partial charge < -0.3 is 19.7 Å². The van der Waals surface area contributed by atoms with Gasteiger partial charge in [0.1, 0.15) is 12.6 Å². The summed E-state index contributed by atoms with van der Waals surface area (Å²) in [4.78, 5) is 29.4. The van der Waals surface area contributed by atoms with E-state index in [2.05, 4.69) is 21.2 Å². The lowest BCUT2D eigenvalue weighted by Gasteiger charge is -2.34. The molecule has 1 aliphatic rings. The van der Waals surface area contributed by atoms with Crippen LogP contribution < -0.4 is 19.1 Å². The summed E-state index contributed by atoms with van der Waals surface area (Å²) in [5.74, 6) is 0.0627. The molecule has 3 aromatic carbocycles. The molecule has 218 valence electrons. The van der Waals surface area contributed by atoms with Gasteiger partial charge in [-0.25, -0.2) is 8.42 Å². The molecule has 2 unspecified atom stereocenters. The second kappa shape index (κ2) is 13.4. The molecule has 2 amide bonds. The van der Waals surface area contributed by atoms with Gasteiger partial charge in [-0.1, -0.05) is 65.3 Å². The number of halogens is 1. The molecule has 0 radical (unpaired) electrons. The normalized spacial score (nSPS) is 13.8. The van der Waals surface area contributed by atoms with E-state index in [4.69, 9.17) is 9.47 Å². The zero-order valence-electron chi connectivity index (χ0n) is 23.2. The molecule has 0 saturated carbocycles. The maximum atomic E-state index is 14.2. The number of nitrogens with zero attached hydrogens (tertiary/aromatic N) is 2. The Kier molecular flexibility index (Phi) is 9.93. The summed E-state index contributed by atoms with van der Waals surface area (Å²) in [6, 6.07) is 20.6. The predicted molar refractivity (Wildman–Crippen MR) is 161 cm³/mol. The van der Waals surface area contributed by atoms with Crippen LogP contribution in [-0.2, 0) is 32.6 Å². The van der Waals surface area contributed by atoms with E-state index in [0.29, 0.717) is 11.5 Å². The van der Waals surface area contributed by atoms with E-state index >= 15 is 0 Å². The molecular formula is C30H34BrN3O6S. The van der Waals surface area contributed by atoms with Gasteiger partial charge in [0.15, 0.2) is 11.5 Å². The number of amides is 2. The summed E-state index contributed by atoms with van der Waals surface area (Å²) in [6.07, 6.45) is 2.02. The fraction of sp³-hybridized carbons (Fsp3) is 0.333. The first-order chi connectivity index (χ1) is 19.5. The molecule has 0 bridgehead atoms. The fourth-order valence-electron chi connectivity index (χ4n) is 4.48. The minimum atomic E-state index is -3.89. The van der Waals surface area contributed by atoms with Gasteiger partial charge in [-0.05, 0) is 48.7 Å². The average Bonchev–Trinajstić information content (AvgIpc) is 3.41. The van der Waals surface area contributed by atoms with Crippen LogP contribution in [0.5, 0.6) is 11.5 Å². The van der Waals surface area contributed by atoms with Crippen LogP contribution in [0.2, 0.25) is 0 Å². The first-order valence-corrected chi connectivity index (χ1v) is 15.9. The molecule has 9 nitrogen and oxygen atoms in total. The minimum absolute atomic E-state index is 0.0312. The molecule has 3 aromatic rings. The molecule has 0 aliphatic carbocycles. The van der Waals surface area contributed by atoms with Gasteiger partial charge in [0, 0.05) is 29.5 Å². The fourth-order valence-corrected chi connectivity index (χ4v) is 5.77. The van der Waals surface area contributed by atoms with Crippen molar-refractivity contribution in [1.29, 1.82) is 0 Å². The zero-order chi connectivity index (χ0) is 29.6. The van der Waals surface area contributed by atoms with Crippen molar-refractivity contribution >= 4 is 43.5 Å². The number of fused-ring (bicyclic) bond motifs is 1. The minimum Gasteiger partial charge on any atom is -0.454 e. The van der Waals surface area contributed by atoms with E-state index in [0.717, 1.165) is 32.6 Å². The summed E-state index contributed by atoms with van der Waals surface area (Å²) in [6.45, 7) is 3.50. The van der Waals surface area contributed by atoms with Crippen LogP contribution in [0.3, 0.4) is 0 Å². The van der Waals surface area contributed by atoms with Crippen molar-refractivity contribution in [1.82, 2.24) is 10.2 Å². The lowest BCUT2D eigenvalue weighted by atomic mass is 10.0. The van der Waals surface area contributed by atoms with Crippen molar-refractivity contribution in [2.45, 2.75) is 45.3 Å². The third kappa shape index (κ3) is 8.01. The van der Waals surface area contributed by atoms with Crippen molar-refractivity contribution in [2.75, 3.05) is 23.9 Å². The van der Waals surface area contributed by atoms with Crippen molar-refractivity contribution in [3.8, 4) is 11.5 Å². The molecule has 11 heteroatoms. The van der Waals surface area contributed by atoms with E-state index in [1.165, 1.54) is 11.0 Å². The second-order valence-corrected chi connectivity index (χ2v) is 12.8. The van der Waals surface area contributed by atoms with Crippen LogP contribution in [0.25, 0.3) is 0 Å². The molecule has 0 saturated heterocycles. The Morgan fingerprint density at radius 2 is 1.68 bits per heavy atom. The smallest absolute Gasteiger partial charge is 0.244 e. The van der Waals surface area contributed by atoms with Gasteiger partial charge in [-0.15, -0.1) is 0 Å². The Hall–Kier alpha value is -3.57. The number of hydrogen-bond donors (Lipinski definition) is 1. The highest BCUT2D eigenvalue weighted by Crippen LogP contribution is 2.36. The molecule has 0 spiro atoms. The second-order valence-electron chi connectivity index (χ2n) is 9.98. The van der Waals surface area contributed by atoms with Gasteiger partial charge in [-0.3, -0.25) is 13.9 Å². The van der Waals surface area contributed by atoms with Gasteiger partial charge in [0.2, 0.25) is 28.6 Å². The van der Waals surface area contributed by atoms with Crippen molar-refractivity contribution in [3.63, 3.8) is 0 Å². The topological polar surface area (TPSA) is 105 Å². The highest BCUT2D eigenvalue weighted by Gasteiger charge is 2.34. The summed E-state index contributed by atoms with van der Waals surface area (Å²) in [7, 11) is -3.89. The summed E-state index contributed by atoms with van der Waals surface area (Å²) in [5, 5.41) is 3.02. The highest BCUT2D eigenvalue weighted by atomic mass is 79.9. The van der Waals surface area contributed by atoms with Gasteiger partial charge >= 0.3 is 0 Å². The molecule has 2 atom stereocenters. The number of nitrogens with one attached hydrogen (secondary N) is 1. The molecule has 0 fully saturated rings. The van der Waals surface area contributed by atoms with Crippen LogP contribution >= 0.6 is 15.9 Å². The molecule has 1 heterocycles. The molecule has 0 aromatic heterocycles. The van der Waals surface area contributed by atoms with Gasteiger partial charge in [0.05, 0.1) is 11.9 Å². The molecule has 4 rings (SSSR count). The Labute approximate surface area is 249 Å². The Bertz CT molecular complexity index is 1480. The lowest BCUT2D eigenvalue weighted by Crippen LogP contribution is -2.54. The molecule has 1 N–H and O–H groups in total. The summed E-state index contributed by atoms with van der Waals surface area (Å²) < 4.78 is 38.6. The first kappa shape index (κ1) is 30.4. The average molecular weight is 645 g/mol. The van der Waals surface area contributed by atoms with E-state index in [-0.39, 0.29) is 37.4 Å². The maximum absolute atomic E-state index is 14.2. The molecule has 1 aliphatic heterocycles. The quantitative estimate of drug-likeness (QED) is 0.312. The molecule has 41 heavy (non-hydrogen) atoms. The van der Waals surface area contributed by atoms with E-state index < -0.39 is 28.5 Å². The standard InChI is InChI=1S/C30H34BrN3O6S/c1-4-21(2)32-30(36)26(16-22-9-6-5-7-10-22)33(18-23-11-8-12-24(31)15-23)29(35)19-34(41(3,37)38)25-13-14-27-28(17-25)40-20-39-27/h5-15,17,21,26H,4,16,18-20H2,1-3H3,(H,32,36). The van der Waals surface area contributed by atoms with Crippen LogP contribution in [0.15, 0.2) is 77.3 Å². The van der Waals surface area contributed by atoms with Gasteiger partial charge in [-0.2, -0.15) is 0 Å². The number of sulfonamides is 1. The van der Waals surface area contributed by atoms with Crippen LogP contribution in [0.4, 0.5) is 5.69 Å². The van der Waals surface area contributed by atoms with Crippen LogP contribution in [0, 0.1) is 0 Å². The Morgan fingerprint density at radius 1 is 0.976 bits per heavy atom. The number of carbonyl (C=O) groups is 2. The summed E-state index contributed by atoms with van der Waals surface area (Å²) >= 11 is 3.48. The number of carbonyl (C=O) groups excluding carboxylic acids is 2. The number of ether oxygens (including phenoxy) is 2. The number of rotatable bonds is 12. The van der Waals surface area contributed by atoms with Gasteiger partial charge in [0.25, 0.3) is 0 Å². The van der Waals surface area contributed by atoms with E-state index in [1.807, 2.05) is 68.4 Å². The van der Waals surface area contributed by atoms with Crippen molar-refractivity contribution in [2.24, 2.45) is 0 Å². The van der Waals surface area contributed by atoms with E-state index in [9.17, 15) is 18.0 Å². The maximum Gasteiger partial charge on any atom is 0.244 e. The third-order valence-electron chi connectivity index (χ3n) is 6.84. The molecular weight excluding hydrogens is 610 g/mol. The van der Waals surface area contributed by atoms with Crippen molar-refractivity contribution < 1.29 is 27.5 Å². The Balaban J connectivity index is 1.73. The SMILES string of the molecule is CCC(C)NC(=O)C(Cc1ccccc1)N(Cc1cccc(Br)c1)C(=O)CN(c1ccc2c(c1)OCO2)S(C)(=O)=O. The highest BCUT2D eigenvalue weighted by molar-refractivity contribution is 9.10. The predicted octanol–water partition coefficient (Wildman–Crippen LogP) is 4.50. The lowest BCUT2D eigenvalue weighted by molar-refractivity contribution is -0.140. The Morgan fingerprint density at radius 3 is 2.37 bits per heavy atom. The number of hydrogen-bond acceptors (Lipinski definition) is 6. The van der Waals surface area contributed by atoms with Crippen LogP contribution in [-0.4, -0.2) is 56.8 Å². The first-order valence-electron chi connectivity index (χ1n) is 13.3.